The summed E-state index contributed by atoms with van der Waals surface area (Å²) in [6.07, 6.45) is -0.368. The van der Waals surface area contributed by atoms with Crippen molar-refractivity contribution in [2.45, 2.75) is 64.5 Å². The van der Waals surface area contributed by atoms with Crippen molar-refractivity contribution in [1.29, 1.82) is 0 Å². The fourth-order valence-corrected chi connectivity index (χ4v) is 3.17. The van der Waals surface area contributed by atoms with Crippen molar-refractivity contribution in [3.63, 3.8) is 0 Å². The lowest BCUT2D eigenvalue weighted by Gasteiger charge is -2.24. The highest BCUT2D eigenvalue weighted by Crippen LogP contribution is 2.17. The molecule has 0 bridgehead atoms. The molecule has 26 heavy (non-hydrogen) atoms. The highest BCUT2D eigenvalue weighted by molar-refractivity contribution is 7.90. The van der Waals surface area contributed by atoms with E-state index in [9.17, 15) is 18.5 Å². The molecule has 0 spiro atoms. The molecule has 1 aromatic carbocycles. The number of aryl methyl sites for hydroxylation is 1. The molecule has 1 aromatic rings. The van der Waals surface area contributed by atoms with Gasteiger partial charge in [-0.3, -0.25) is 4.79 Å². The normalized spacial score (nSPS) is 13.9. The maximum Gasteiger partial charge on any atom is 0.408 e. The summed E-state index contributed by atoms with van der Waals surface area (Å²) in [5.74, 6) is -0.924. The Hall–Kier alpha value is -1.80. The summed E-state index contributed by atoms with van der Waals surface area (Å²) in [5.41, 5.74) is -0.235. The first-order chi connectivity index (χ1) is 11.9. The Bertz CT molecular complexity index is 647. The lowest BCUT2D eigenvalue weighted by Crippen LogP contribution is -2.50. The average molecular weight is 386 g/mol. The number of rotatable bonds is 6. The highest BCUT2D eigenvalue weighted by Gasteiger charge is 2.29. The third kappa shape index (κ3) is 7.61. The molecule has 1 unspecified atom stereocenters. The molecule has 0 fully saturated rings. The van der Waals surface area contributed by atoms with Crippen molar-refractivity contribution in [1.82, 2.24) is 10.0 Å². The van der Waals surface area contributed by atoms with Gasteiger partial charge in [-0.2, -0.15) is 4.72 Å². The summed E-state index contributed by atoms with van der Waals surface area (Å²) in [6, 6.07) is 2.88. The van der Waals surface area contributed by atoms with Gasteiger partial charge in [0, 0.05) is 5.56 Å². The lowest BCUT2D eigenvalue weighted by atomic mass is 10.0. The molecule has 1 rings (SSSR count). The Labute approximate surface area is 157 Å². The molecule has 2 N–H and O–H groups in total. The van der Waals surface area contributed by atoms with Crippen molar-refractivity contribution < 1.29 is 23.3 Å². The second-order valence-electron chi connectivity index (χ2n) is 7.47. The molecule has 0 radical (unpaired) electrons. The molecule has 0 aliphatic rings. The van der Waals surface area contributed by atoms with E-state index in [1.54, 1.807) is 27.7 Å². The third-order valence-electron chi connectivity index (χ3n) is 3.24. The zero-order valence-corrected chi connectivity index (χ0v) is 16.8. The molecule has 8 heteroatoms. The van der Waals surface area contributed by atoms with Gasteiger partial charge in [-0.05, 0) is 58.2 Å². The van der Waals surface area contributed by atoms with Crippen molar-refractivity contribution in [2.75, 3.05) is 0 Å². The number of nitrogens with one attached hydrogen (secondary N) is 2. The molecule has 0 aromatic heterocycles. The van der Waals surface area contributed by atoms with Gasteiger partial charge >= 0.3 is 6.09 Å². The molecule has 146 valence electrons. The minimum atomic E-state index is -1.86. The third-order valence-corrected chi connectivity index (χ3v) is 4.49. The number of carbonyl (C=O) groups is 2. The van der Waals surface area contributed by atoms with E-state index in [2.05, 4.69) is 10.0 Å². The van der Waals surface area contributed by atoms with Crippen LogP contribution in [0.15, 0.2) is 23.1 Å². The van der Waals surface area contributed by atoms with Crippen molar-refractivity contribution in [3.05, 3.63) is 29.6 Å². The summed E-state index contributed by atoms with van der Waals surface area (Å²) >= 11 is -1.86. The van der Waals surface area contributed by atoms with Gasteiger partial charge < -0.3 is 14.6 Å². The number of carbonyl (C=O) groups excluding carboxylic acids is 2. The van der Waals surface area contributed by atoms with Crippen molar-refractivity contribution in [3.8, 4) is 0 Å². The second kappa shape index (κ2) is 9.23. The molecule has 2 amide bonds. The Kier molecular flexibility index (Phi) is 7.89. The smallest absolute Gasteiger partial charge is 0.408 e. The second-order valence-corrected chi connectivity index (χ2v) is 8.65. The fourth-order valence-electron chi connectivity index (χ4n) is 2.19. The summed E-state index contributed by atoms with van der Waals surface area (Å²) in [5, 5.41) is 2.52. The first kappa shape index (κ1) is 22.2. The Morgan fingerprint density at radius 2 is 1.92 bits per heavy atom. The van der Waals surface area contributed by atoms with Crippen LogP contribution in [0.2, 0.25) is 0 Å². The van der Waals surface area contributed by atoms with E-state index < -0.39 is 40.8 Å². The first-order valence-electron chi connectivity index (χ1n) is 8.37. The van der Waals surface area contributed by atoms with E-state index >= 15 is 0 Å². The van der Waals surface area contributed by atoms with Gasteiger partial charge in [0.1, 0.15) is 28.8 Å². The maximum atomic E-state index is 13.2. The van der Waals surface area contributed by atoms with Crippen LogP contribution < -0.4 is 10.0 Å². The quantitative estimate of drug-likeness (QED) is 0.735. The van der Waals surface area contributed by atoms with Gasteiger partial charge in [0.15, 0.2) is 4.90 Å². The number of hydrogen-bond acceptors (Lipinski definition) is 4. The molecule has 2 atom stereocenters. The summed E-state index contributed by atoms with van der Waals surface area (Å²) in [4.78, 5) is 24.8. The minimum absolute atomic E-state index is 0.113. The zero-order chi connectivity index (χ0) is 20.1. The molecular weight excluding hydrogens is 359 g/mol. The topological polar surface area (TPSA) is 90.5 Å². The molecule has 0 heterocycles. The van der Waals surface area contributed by atoms with E-state index in [0.717, 1.165) is 0 Å². The minimum Gasteiger partial charge on any atom is -0.588 e. The van der Waals surface area contributed by atoms with Gasteiger partial charge in [-0.1, -0.05) is 13.8 Å². The van der Waals surface area contributed by atoms with E-state index in [1.165, 1.54) is 18.2 Å². The van der Waals surface area contributed by atoms with Crippen LogP contribution in [0.25, 0.3) is 0 Å². The Balaban J connectivity index is 2.83. The number of halogens is 1. The van der Waals surface area contributed by atoms with Crippen LogP contribution in [-0.2, 0) is 20.9 Å². The summed E-state index contributed by atoms with van der Waals surface area (Å²) in [6.45, 7) is 10.6. The van der Waals surface area contributed by atoms with E-state index in [-0.39, 0.29) is 5.92 Å². The van der Waals surface area contributed by atoms with Crippen LogP contribution in [0.5, 0.6) is 0 Å². The van der Waals surface area contributed by atoms with Gasteiger partial charge in [0.2, 0.25) is 0 Å². The predicted octanol–water partition coefficient (Wildman–Crippen LogP) is 3.21. The number of amides is 2. The van der Waals surface area contributed by atoms with Crippen LogP contribution in [0.4, 0.5) is 9.18 Å². The fraction of sp³-hybridized carbons (Fsp3) is 0.556. The molecule has 0 aliphatic carbocycles. The largest absolute Gasteiger partial charge is 0.588 e. The Morgan fingerprint density at radius 1 is 1.31 bits per heavy atom. The number of ether oxygens (including phenoxy) is 1. The molecule has 0 aliphatic heterocycles. The molecule has 0 saturated carbocycles. The predicted molar refractivity (Wildman–Crippen MR) is 98.3 cm³/mol. The van der Waals surface area contributed by atoms with Crippen LogP contribution in [0.3, 0.4) is 0 Å². The first-order valence-corrected chi connectivity index (χ1v) is 9.52. The number of hydrogen-bond donors (Lipinski definition) is 2. The van der Waals surface area contributed by atoms with E-state index in [4.69, 9.17) is 4.74 Å². The van der Waals surface area contributed by atoms with Crippen LogP contribution in [-0.4, -0.2) is 28.2 Å². The molecule has 6 nitrogen and oxygen atoms in total. The SMILES string of the molecule is Cc1cc(F)ccc1[S+]([O-])NC(=O)[C@H](CC(C)C)NC(=O)OC(C)(C)C. The molecular formula is C18H27FN2O4S. The molecule has 0 saturated heterocycles. The zero-order valence-electron chi connectivity index (χ0n) is 16.0. The number of alkyl carbamates (subject to hydrolysis) is 1. The van der Waals surface area contributed by atoms with Gasteiger partial charge in [-0.15, -0.1) is 0 Å². The van der Waals surface area contributed by atoms with E-state index in [0.29, 0.717) is 16.9 Å². The monoisotopic (exact) mass is 386 g/mol. The average Bonchev–Trinajstić information content (AvgIpc) is 2.43. The Morgan fingerprint density at radius 3 is 2.42 bits per heavy atom. The number of benzene rings is 1. The van der Waals surface area contributed by atoms with Crippen molar-refractivity contribution >= 4 is 23.4 Å². The maximum absolute atomic E-state index is 13.2. The van der Waals surface area contributed by atoms with Gasteiger partial charge in [0.05, 0.1) is 0 Å². The standard InChI is InChI=1S/C18H27FN2O4S/c1-11(2)9-14(20-17(23)25-18(4,5)6)16(22)21-26(24)15-8-7-13(19)10-12(15)3/h7-8,10-11,14H,9H2,1-6H3,(H,20,23)(H,21,22)/t14-,26?/m0/s1. The van der Waals surface area contributed by atoms with Crippen LogP contribution in [0.1, 0.15) is 46.6 Å². The van der Waals surface area contributed by atoms with Gasteiger partial charge in [-0.25, -0.2) is 9.18 Å². The highest BCUT2D eigenvalue weighted by atomic mass is 32.2. The summed E-state index contributed by atoms with van der Waals surface area (Å²) in [7, 11) is 0. The van der Waals surface area contributed by atoms with Gasteiger partial charge in [0.25, 0.3) is 5.91 Å². The van der Waals surface area contributed by atoms with Crippen LogP contribution in [0, 0.1) is 18.7 Å². The van der Waals surface area contributed by atoms with E-state index in [1.807, 2.05) is 13.8 Å². The van der Waals surface area contributed by atoms with Crippen molar-refractivity contribution in [2.24, 2.45) is 5.92 Å². The van der Waals surface area contributed by atoms with Crippen LogP contribution >= 0.6 is 0 Å². The summed E-state index contributed by atoms with van der Waals surface area (Å²) < 4.78 is 33.1. The lowest BCUT2D eigenvalue weighted by molar-refractivity contribution is -0.121.